The summed E-state index contributed by atoms with van der Waals surface area (Å²) in [4.78, 5) is 41.1. The van der Waals surface area contributed by atoms with E-state index in [0.29, 0.717) is 31.8 Å². The van der Waals surface area contributed by atoms with E-state index in [-0.39, 0.29) is 30.5 Å². The zero-order chi connectivity index (χ0) is 36.6. The molecule has 0 bridgehead atoms. The van der Waals surface area contributed by atoms with E-state index in [2.05, 4.69) is 32.0 Å². The third-order valence-electron chi connectivity index (χ3n) is 8.75. The van der Waals surface area contributed by atoms with Crippen LogP contribution in [0.15, 0.2) is 60.4 Å². The first-order valence-electron chi connectivity index (χ1n) is 17.5. The predicted molar refractivity (Wildman–Crippen MR) is 215 cm³/mol. The van der Waals surface area contributed by atoms with Crippen molar-refractivity contribution in [2.75, 3.05) is 37.0 Å². The van der Waals surface area contributed by atoms with E-state index in [4.69, 9.17) is 14.5 Å². The lowest BCUT2D eigenvalue weighted by Crippen LogP contribution is -2.40. The van der Waals surface area contributed by atoms with Gasteiger partial charge in [0, 0.05) is 44.0 Å². The molecule has 0 saturated carbocycles. The van der Waals surface area contributed by atoms with Gasteiger partial charge in [-0.3, -0.25) is 14.7 Å². The fourth-order valence-corrected chi connectivity index (χ4v) is 7.63. The number of unbranched alkanes of at least 4 members (excludes halogenated alkanes) is 2. The van der Waals surface area contributed by atoms with Gasteiger partial charge in [-0.25, -0.2) is 14.8 Å². The van der Waals surface area contributed by atoms with Crippen LogP contribution in [0.4, 0.5) is 15.6 Å². The van der Waals surface area contributed by atoms with Crippen molar-refractivity contribution in [2.24, 2.45) is 0 Å². The van der Waals surface area contributed by atoms with Crippen LogP contribution in [0.2, 0.25) is 0 Å². The molecule has 6 rings (SSSR count). The van der Waals surface area contributed by atoms with Gasteiger partial charge in [-0.15, -0.1) is 23.7 Å². The first kappa shape index (κ1) is 39.9. The summed E-state index contributed by atoms with van der Waals surface area (Å²) in [5, 5.41) is 20.2. The SMILES string of the molecule is Cc1ncsc1-c1ccc(CNC(=O)[C@@H]2C[C@@H](O)CN2)c(OCCCCCNc2nc3ccc(-c4cncc(N(C)C(=O)OC(C)C)c4)cc3s2)c1.Cl. The fourth-order valence-electron chi connectivity index (χ4n) is 5.89. The summed E-state index contributed by atoms with van der Waals surface area (Å²) < 4.78 is 12.7. The van der Waals surface area contributed by atoms with Gasteiger partial charge in [0.15, 0.2) is 5.13 Å². The number of pyridine rings is 1. The number of benzene rings is 2. The molecule has 0 spiro atoms. The lowest BCUT2D eigenvalue weighted by Gasteiger charge is -2.19. The third kappa shape index (κ3) is 10.4. The number of hydrogen-bond donors (Lipinski definition) is 4. The number of halogens is 1. The molecule has 3 aromatic heterocycles. The highest BCUT2D eigenvalue weighted by Crippen LogP contribution is 2.33. The summed E-state index contributed by atoms with van der Waals surface area (Å²) in [5.74, 6) is 0.628. The quantitative estimate of drug-likeness (QED) is 0.0804. The van der Waals surface area contributed by atoms with Crippen LogP contribution in [0.5, 0.6) is 5.75 Å². The van der Waals surface area contributed by atoms with Crippen molar-refractivity contribution in [3.63, 3.8) is 0 Å². The Morgan fingerprint density at radius 2 is 1.91 bits per heavy atom. The molecule has 1 saturated heterocycles. The number of aromatic nitrogens is 3. The van der Waals surface area contributed by atoms with Crippen molar-refractivity contribution in [1.29, 1.82) is 0 Å². The highest BCUT2D eigenvalue weighted by atomic mass is 35.5. The van der Waals surface area contributed by atoms with Crippen molar-refractivity contribution < 1.29 is 24.2 Å². The number of β-amino-alcohol motifs (C(OH)–C–C–N with tert-alkyl or cyclic N) is 1. The minimum atomic E-state index is -0.493. The van der Waals surface area contributed by atoms with E-state index in [1.807, 2.05) is 62.7 Å². The first-order chi connectivity index (χ1) is 25.1. The lowest BCUT2D eigenvalue weighted by atomic mass is 10.1. The van der Waals surface area contributed by atoms with Crippen LogP contribution in [0.1, 0.15) is 50.8 Å². The van der Waals surface area contributed by atoms with Gasteiger partial charge >= 0.3 is 6.09 Å². The van der Waals surface area contributed by atoms with Crippen LogP contribution in [0, 0.1) is 6.92 Å². The topological polar surface area (TPSA) is 151 Å². The lowest BCUT2D eigenvalue weighted by molar-refractivity contribution is -0.123. The van der Waals surface area contributed by atoms with Crippen LogP contribution < -0.4 is 25.6 Å². The molecule has 1 aliphatic rings. The molecule has 4 heterocycles. The maximum atomic E-state index is 12.7. The Labute approximate surface area is 323 Å². The van der Waals surface area contributed by atoms with E-state index in [9.17, 15) is 14.7 Å². The second kappa shape index (κ2) is 18.6. The van der Waals surface area contributed by atoms with Crippen molar-refractivity contribution in [3.05, 3.63) is 71.6 Å². The summed E-state index contributed by atoms with van der Waals surface area (Å²) in [6.45, 7) is 7.75. The molecule has 0 radical (unpaired) electrons. The first-order valence-corrected chi connectivity index (χ1v) is 19.2. The normalized spacial score (nSPS) is 15.3. The summed E-state index contributed by atoms with van der Waals surface area (Å²) in [7, 11) is 1.68. The minimum Gasteiger partial charge on any atom is -0.493 e. The molecular formula is C38H46ClN7O5S2. The number of anilines is 2. The van der Waals surface area contributed by atoms with Crippen LogP contribution in [-0.4, -0.2) is 77.1 Å². The zero-order valence-electron chi connectivity index (χ0n) is 30.3. The van der Waals surface area contributed by atoms with Crippen molar-refractivity contribution in [3.8, 4) is 27.3 Å². The Bertz CT molecular complexity index is 2000. The summed E-state index contributed by atoms with van der Waals surface area (Å²) in [5.41, 5.74) is 8.23. The molecule has 0 aliphatic carbocycles. The number of aliphatic hydroxyl groups excluding tert-OH is 1. The number of fused-ring (bicyclic) bond motifs is 1. The Morgan fingerprint density at radius 3 is 2.66 bits per heavy atom. The van der Waals surface area contributed by atoms with Gasteiger partial charge in [-0.1, -0.05) is 29.5 Å². The molecule has 2 amide bonds. The fraction of sp³-hybridized carbons (Fsp3) is 0.395. The van der Waals surface area contributed by atoms with Gasteiger partial charge in [-0.05, 0) is 81.8 Å². The number of hydrogen-bond acceptors (Lipinski definition) is 12. The Morgan fingerprint density at radius 1 is 1.08 bits per heavy atom. The zero-order valence-corrected chi connectivity index (χ0v) is 32.7. The molecule has 53 heavy (non-hydrogen) atoms. The van der Waals surface area contributed by atoms with Gasteiger partial charge in [0.05, 0.1) is 63.0 Å². The number of thiazole rings is 2. The molecular weight excluding hydrogens is 734 g/mol. The van der Waals surface area contributed by atoms with E-state index >= 15 is 0 Å². The van der Waals surface area contributed by atoms with E-state index < -0.39 is 12.2 Å². The van der Waals surface area contributed by atoms with E-state index in [1.54, 1.807) is 42.1 Å². The molecule has 282 valence electrons. The molecule has 0 unspecified atom stereocenters. The standard InChI is InChI=1S/C38H45N7O5S2.ClH/c1-23(2)50-38(48)45(4)29-14-28(18-39-20-29)25-10-11-31-34(16-25)52-37(44-31)40-12-6-5-7-13-49-33-15-26(35-24(3)43-22-51-35)8-9-27(33)19-42-36(47)32-17-30(46)21-41-32;/h8-11,14-16,18,20,22-23,30,32,41,46H,5-7,12-13,17,19,21H2,1-4H3,(H,40,44)(H,42,47);1H/t30-,32+;/m1./s1. The monoisotopic (exact) mass is 779 g/mol. The average Bonchev–Trinajstić information content (AvgIpc) is 3.88. The smallest absolute Gasteiger partial charge is 0.414 e. The minimum absolute atomic E-state index is 0. The molecule has 2 aromatic carbocycles. The maximum absolute atomic E-state index is 12.7. The molecule has 15 heteroatoms. The highest BCUT2D eigenvalue weighted by Gasteiger charge is 2.28. The van der Waals surface area contributed by atoms with Crippen LogP contribution in [0.25, 0.3) is 31.8 Å². The highest BCUT2D eigenvalue weighted by molar-refractivity contribution is 7.22. The number of aryl methyl sites for hydroxylation is 1. The third-order valence-corrected chi connectivity index (χ3v) is 10.7. The van der Waals surface area contributed by atoms with Gasteiger partial charge in [0.2, 0.25) is 5.91 Å². The molecule has 1 fully saturated rings. The number of carbonyl (C=O) groups is 2. The largest absolute Gasteiger partial charge is 0.493 e. The molecule has 1 aliphatic heterocycles. The molecule has 12 nitrogen and oxygen atoms in total. The Balaban J connectivity index is 0.00000541. The number of ether oxygens (including phenoxy) is 2. The van der Waals surface area contributed by atoms with Gasteiger partial charge in [-0.2, -0.15) is 0 Å². The number of nitrogens with zero attached hydrogens (tertiary/aromatic N) is 4. The van der Waals surface area contributed by atoms with Crippen LogP contribution in [-0.2, 0) is 16.1 Å². The number of aliphatic hydroxyl groups is 1. The average molecular weight is 780 g/mol. The Hall–Kier alpha value is -4.34. The van der Waals surface area contributed by atoms with Crippen molar-refractivity contribution in [1.82, 2.24) is 25.6 Å². The maximum Gasteiger partial charge on any atom is 0.414 e. The molecule has 2 atom stereocenters. The van der Waals surface area contributed by atoms with E-state index in [1.165, 1.54) is 4.90 Å². The molecule has 4 N–H and O–H groups in total. The van der Waals surface area contributed by atoms with Crippen molar-refractivity contribution >= 4 is 68.1 Å². The summed E-state index contributed by atoms with van der Waals surface area (Å²) in [6.07, 6.45) is 5.54. The summed E-state index contributed by atoms with van der Waals surface area (Å²) >= 11 is 3.20. The number of rotatable bonds is 15. The second-order valence-electron chi connectivity index (χ2n) is 13.1. The number of nitrogens with one attached hydrogen (secondary N) is 3. The van der Waals surface area contributed by atoms with Crippen LogP contribution in [0.3, 0.4) is 0 Å². The summed E-state index contributed by atoms with van der Waals surface area (Å²) in [6, 6.07) is 13.8. The van der Waals surface area contributed by atoms with Crippen molar-refractivity contribution in [2.45, 2.75) is 71.2 Å². The predicted octanol–water partition coefficient (Wildman–Crippen LogP) is 7.19. The second-order valence-corrected chi connectivity index (χ2v) is 15.0. The Kier molecular flexibility index (Phi) is 14.0. The van der Waals surface area contributed by atoms with Gasteiger partial charge in [0.25, 0.3) is 0 Å². The molecule has 5 aromatic rings. The number of amides is 2. The van der Waals surface area contributed by atoms with Gasteiger partial charge in [0.1, 0.15) is 5.75 Å². The van der Waals surface area contributed by atoms with E-state index in [0.717, 1.165) is 79.7 Å². The number of carbonyl (C=O) groups excluding carboxylic acids is 2. The van der Waals surface area contributed by atoms with Gasteiger partial charge < -0.3 is 30.5 Å². The van der Waals surface area contributed by atoms with Crippen LogP contribution >= 0.6 is 35.1 Å².